The lowest BCUT2D eigenvalue weighted by molar-refractivity contribution is -0.137. The lowest BCUT2D eigenvalue weighted by Gasteiger charge is -2.15. The number of cyclic esters (lactones) is 1. The molecule has 0 N–H and O–H groups in total. The summed E-state index contributed by atoms with van der Waals surface area (Å²) < 4.78 is 6.67. The number of ether oxygens (including phenoxy) is 1. The lowest BCUT2D eigenvalue weighted by atomic mass is 10.1. The van der Waals surface area contributed by atoms with Crippen LogP contribution in [0.1, 0.15) is 17.5 Å². The molecule has 1 aromatic heterocycles. The minimum atomic E-state index is -0.333. The van der Waals surface area contributed by atoms with Gasteiger partial charge >= 0.3 is 5.97 Å². The highest BCUT2D eigenvalue weighted by molar-refractivity contribution is 8.00. The van der Waals surface area contributed by atoms with E-state index in [0.29, 0.717) is 29.1 Å². The maximum Gasteiger partial charge on any atom is 0.319 e. The van der Waals surface area contributed by atoms with Crippen molar-refractivity contribution in [1.29, 1.82) is 0 Å². The molecule has 5 nitrogen and oxygen atoms in total. The first kappa shape index (κ1) is 16.8. The Morgan fingerprint density at radius 2 is 1.85 bits per heavy atom. The lowest BCUT2D eigenvalue weighted by Crippen LogP contribution is -2.23. The number of para-hydroxylation sites is 1. The number of carbonyl (C=O) groups excluding carboxylic acids is 1. The molecule has 0 spiro atoms. The monoisotopic (exact) mass is 366 g/mol. The van der Waals surface area contributed by atoms with Crippen molar-refractivity contribution < 1.29 is 9.53 Å². The molecular formula is C20H18N2O3S. The molecule has 3 aromatic rings. The minimum absolute atomic E-state index is 0.130. The molecule has 0 bridgehead atoms. The second-order valence-electron chi connectivity index (χ2n) is 6.46. The van der Waals surface area contributed by atoms with Crippen LogP contribution in [0, 0.1) is 13.8 Å². The van der Waals surface area contributed by atoms with Gasteiger partial charge in [-0.2, -0.15) is 0 Å². The van der Waals surface area contributed by atoms with Crippen molar-refractivity contribution in [1.82, 2.24) is 9.55 Å². The number of hydrogen-bond acceptors (Lipinski definition) is 5. The first-order chi connectivity index (χ1) is 12.5. The molecule has 1 atom stereocenters. The standard InChI is InChI=1S/C20H18N2O3S/c1-12-9-13(2)11-14(10-12)22-18(23)15-5-3-4-6-16(15)21-20(22)26-17-7-8-25-19(17)24/h3-6,9-11,17H,7-8H2,1-2H3. The summed E-state index contributed by atoms with van der Waals surface area (Å²) >= 11 is 1.30. The highest BCUT2D eigenvalue weighted by Gasteiger charge is 2.29. The molecule has 1 aliphatic rings. The Morgan fingerprint density at radius 3 is 2.54 bits per heavy atom. The Morgan fingerprint density at radius 1 is 1.12 bits per heavy atom. The van der Waals surface area contributed by atoms with Gasteiger partial charge in [-0.1, -0.05) is 30.0 Å². The number of fused-ring (bicyclic) bond motifs is 1. The Hall–Kier alpha value is -2.60. The van der Waals surface area contributed by atoms with Crippen LogP contribution in [-0.2, 0) is 9.53 Å². The van der Waals surface area contributed by atoms with E-state index in [-0.39, 0.29) is 16.8 Å². The summed E-state index contributed by atoms with van der Waals surface area (Å²) in [6.45, 7) is 4.41. The van der Waals surface area contributed by atoms with E-state index < -0.39 is 0 Å². The molecule has 0 radical (unpaired) electrons. The maximum atomic E-state index is 13.2. The molecule has 26 heavy (non-hydrogen) atoms. The fourth-order valence-corrected chi connectivity index (χ4v) is 4.29. The number of hydrogen-bond donors (Lipinski definition) is 0. The molecule has 1 unspecified atom stereocenters. The molecule has 0 saturated carbocycles. The van der Waals surface area contributed by atoms with Gasteiger partial charge in [-0.3, -0.25) is 14.2 Å². The van der Waals surface area contributed by atoms with Crippen LogP contribution in [0.4, 0.5) is 0 Å². The largest absolute Gasteiger partial charge is 0.465 e. The van der Waals surface area contributed by atoms with E-state index in [1.54, 1.807) is 10.6 Å². The number of aromatic nitrogens is 2. The summed E-state index contributed by atoms with van der Waals surface area (Å²) in [7, 11) is 0. The third-order valence-electron chi connectivity index (χ3n) is 4.34. The molecule has 4 rings (SSSR count). The predicted molar refractivity (Wildman–Crippen MR) is 102 cm³/mol. The number of rotatable bonds is 3. The van der Waals surface area contributed by atoms with Crippen LogP contribution in [0.5, 0.6) is 0 Å². The van der Waals surface area contributed by atoms with Crippen LogP contribution in [-0.4, -0.2) is 27.4 Å². The van der Waals surface area contributed by atoms with E-state index in [9.17, 15) is 9.59 Å². The fraction of sp³-hybridized carbons (Fsp3) is 0.250. The summed E-state index contributed by atoms with van der Waals surface area (Å²) in [6.07, 6.45) is 0.624. The second kappa shape index (κ2) is 6.61. The molecule has 0 aliphatic carbocycles. The van der Waals surface area contributed by atoms with Crippen LogP contribution in [0.3, 0.4) is 0 Å². The Bertz CT molecular complexity index is 1050. The number of benzene rings is 2. The van der Waals surface area contributed by atoms with E-state index in [2.05, 4.69) is 11.1 Å². The zero-order chi connectivity index (χ0) is 18.3. The van der Waals surface area contributed by atoms with Gasteiger partial charge in [-0.15, -0.1) is 0 Å². The van der Waals surface area contributed by atoms with Gasteiger partial charge in [-0.25, -0.2) is 4.98 Å². The molecule has 2 heterocycles. The van der Waals surface area contributed by atoms with Crippen LogP contribution in [0.15, 0.2) is 52.4 Å². The first-order valence-corrected chi connectivity index (χ1v) is 9.34. The average molecular weight is 366 g/mol. The molecule has 1 fully saturated rings. The second-order valence-corrected chi connectivity index (χ2v) is 7.63. The molecule has 132 valence electrons. The number of thioether (sulfide) groups is 1. The number of nitrogens with zero attached hydrogens (tertiary/aromatic N) is 2. The van der Waals surface area contributed by atoms with Crippen LogP contribution >= 0.6 is 11.8 Å². The Kier molecular flexibility index (Phi) is 4.28. The van der Waals surface area contributed by atoms with Gasteiger partial charge in [0.25, 0.3) is 5.56 Å². The van der Waals surface area contributed by atoms with Crippen molar-refractivity contribution in [2.24, 2.45) is 0 Å². The maximum absolute atomic E-state index is 13.2. The fourth-order valence-electron chi connectivity index (χ4n) is 3.21. The number of aryl methyl sites for hydroxylation is 2. The summed E-state index contributed by atoms with van der Waals surface area (Å²) in [5, 5.41) is 0.743. The third kappa shape index (κ3) is 3.01. The summed E-state index contributed by atoms with van der Waals surface area (Å²) in [5.74, 6) is -0.246. The normalized spacial score (nSPS) is 16.8. The van der Waals surface area contributed by atoms with Gasteiger partial charge < -0.3 is 4.74 Å². The highest BCUT2D eigenvalue weighted by atomic mass is 32.2. The molecule has 2 aromatic carbocycles. The first-order valence-electron chi connectivity index (χ1n) is 8.47. The van der Waals surface area contributed by atoms with Crippen LogP contribution in [0.2, 0.25) is 0 Å². The Labute approximate surface area is 155 Å². The average Bonchev–Trinajstić information content (AvgIpc) is 2.99. The molecule has 1 saturated heterocycles. The summed E-state index contributed by atoms with van der Waals surface area (Å²) in [6, 6.07) is 13.3. The summed E-state index contributed by atoms with van der Waals surface area (Å²) in [5.41, 5.74) is 3.40. The SMILES string of the molecule is Cc1cc(C)cc(-n2c(SC3CCOC3=O)nc3ccccc3c2=O)c1. The van der Waals surface area contributed by atoms with E-state index in [4.69, 9.17) is 4.74 Å². The Balaban J connectivity index is 1.96. The van der Waals surface area contributed by atoms with Crippen molar-refractivity contribution in [3.8, 4) is 5.69 Å². The molecule has 1 aliphatic heterocycles. The third-order valence-corrected chi connectivity index (χ3v) is 5.54. The van der Waals surface area contributed by atoms with Gasteiger partial charge in [0.1, 0.15) is 5.25 Å². The van der Waals surface area contributed by atoms with E-state index in [1.807, 2.05) is 44.2 Å². The van der Waals surface area contributed by atoms with Crippen molar-refractivity contribution >= 4 is 28.6 Å². The van der Waals surface area contributed by atoms with Gasteiger partial charge in [0, 0.05) is 6.42 Å². The smallest absolute Gasteiger partial charge is 0.319 e. The number of carbonyl (C=O) groups is 1. The molecular weight excluding hydrogens is 348 g/mol. The van der Waals surface area contributed by atoms with Crippen LogP contribution in [0.25, 0.3) is 16.6 Å². The van der Waals surface area contributed by atoms with Crippen molar-refractivity contribution in [3.63, 3.8) is 0 Å². The topological polar surface area (TPSA) is 61.2 Å². The van der Waals surface area contributed by atoms with Crippen molar-refractivity contribution in [2.45, 2.75) is 30.7 Å². The quantitative estimate of drug-likeness (QED) is 0.525. The van der Waals surface area contributed by atoms with Gasteiger partial charge in [0.15, 0.2) is 5.16 Å². The van der Waals surface area contributed by atoms with Crippen molar-refractivity contribution in [2.75, 3.05) is 6.61 Å². The van der Waals surface area contributed by atoms with E-state index >= 15 is 0 Å². The van der Waals surface area contributed by atoms with Gasteiger partial charge in [0.2, 0.25) is 0 Å². The van der Waals surface area contributed by atoms with Gasteiger partial charge in [-0.05, 0) is 49.2 Å². The molecule has 0 amide bonds. The van der Waals surface area contributed by atoms with Crippen molar-refractivity contribution in [3.05, 3.63) is 63.9 Å². The molecule has 6 heteroatoms. The zero-order valence-electron chi connectivity index (χ0n) is 14.6. The predicted octanol–water partition coefficient (Wildman–Crippen LogP) is 3.41. The minimum Gasteiger partial charge on any atom is -0.465 e. The van der Waals surface area contributed by atoms with E-state index in [1.165, 1.54) is 11.8 Å². The van der Waals surface area contributed by atoms with E-state index in [0.717, 1.165) is 16.8 Å². The van der Waals surface area contributed by atoms with Crippen LogP contribution < -0.4 is 5.56 Å². The van der Waals surface area contributed by atoms with Gasteiger partial charge in [0.05, 0.1) is 23.2 Å². The highest BCUT2D eigenvalue weighted by Crippen LogP contribution is 2.30. The number of esters is 1. The summed E-state index contributed by atoms with van der Waals surface area (Å²) in [4.78, 5) is 29.8. The zero-order valence-corrected chi connectivity index (χ0v) is 15.4.